The third-order valence-corrected chi connectivity index (χ3v) is 5.11. The Labute approximate surface area is 172 Å². The summed E-state index contributed by atoms with van der Waals surface area (Å²) in [4.78, 5) is 50.6. The average Bonchev–Trinajstić information content (AvgIpc) is 3.17. The predicted octanol–water partition coefficient (Wildman–Crippen LogP) is 1.93. The van der Waals surface area contributed by atoms with Crippen LogP contribution in [0.3, 0.4) is 0 Å². The van der Waals surface area contributed by atoms with Gasteiger partial charge < -0.3 is 16.2 Å². The standard InChI is InChI=1S/C20H23N3O5S/c21-17(25)9-8-16(24)15(7-11-19(27)28)23-18(26)10-6-14-12-29-20(22-14)13-4-2-1-3-5-13/h1-5,12,15H,6-11H2,(H2,21,25)(H,23,26)(H,27,28)/t15-/m0/s1. The van der Waals surface area contributed by atoms with Crippen LogP contribution in [0.15, 0.2) is 35.7 Å². The van der Waals surface area contributed by atoms with Crippen molar-refractivity contribution in [3.63, 3.8) is 0 Å². The van der Waals surface area contributed by atoms with Gasteiger partial charge in [-0.2, -0.15) is 0 Å². The Morgan fingerprint density at radius 2 is 1.79 bits per heavy atom. The number of carboxylic acids is 1. The molecule has 0 fully saturated rings. The van der Waals surface area contributed by atoms with Crippen LogP contribution in [0.5, 0.6) is 0 Å². The van der Waals surface area contributed by atoms with Crippen molar-refractivity contribution in [1.82, 2.24) is 10.3 Å². The maximum Gasteiger partial charge on any atom is 0.303 e. The minimum Gasteiger partial charge on any atom is -0.481 e. The summed E-state index contributed by atoms with van der Waals surface area (Å²) in [6.45, 7) is 0. The summed E-state index contributed by atoms with van der Waals surface area (Å²) in [5, 5.41) is 14.2. The summed E-state index contributed by atoms with van der Waals surface area (Å²) in [6, 6.07) is 8.74. The summed E-state index contributed by atoms with van der Waals surface area (Å²) in [7, 11) is 0. The first-order valence-corrected chi connectivity index (χ1v) is 10.0. The van der Waals surface area contributed by atoms with Gasteiger partial charge in [-0.15, -0.1) is 11.3 Å². The molecule has 2 aromatic rings. The van der Waals surface area contributed by atoms with E-state index in [4.69, 9.17) is 10.8 Å². The smallest absolute Gasteiger partial charge is 0.303 e. The minimum absolute atomic E-state index is 0.0342. The number of aliphatic carboxylic acids is 1. The molecule has 1 atom stereocenters. The van der Waals surface area contributed by atoms with Crippen molar-refractivity contribution in [3.05, 3.63) is 41.4 Å². The number of hydrogen-bond acceptors (Lipinski definition) is 6. The van der Waals surface area contributed by atoms with Crippen LogP contribution in [0.1, 0.15) is 37.8 Å². The topological polar surface area (TPSA) is 139 Å². The van der Waals surface area contributed by atoms with E-state index in [9.17, 15) is 19.2 Å². The number of rotatable bonds is 12. The molecule has 1 aromatic heterocycles. The number of nitrogens with zero attached hydrogens (tertiary/aromatic N) is 1. The van der Waals surface area contributed by atoms with E-state index in [1.54, 1.807) is 0 Å². The molecule has 0 unspecified atom stereocenters. The highest BCUT2D eigenvalue weighted by atomic mass is 32.1. The highest BCUT2D eigenvalue weighted by Crippen LogP contribution is 2.23. The molecule has 0 aliphatic heterocycles. The first kappa shape index (κ1) is 22.2. The molecule has 9 heteroatoms. The molecule has 1 heterocycles. The zero-order valence-corrected chi connectivity index (χ0v) is 16.6. The molecule has 2 amide bonds. The molecule has 0 aliphatic rings. The third-order valence-electron chi connectivity index (χ3n) is 4.17. The number of aryl methyl sites for hydroxylation is 1. The summed E-state index contributed by atoms with van der Waals surface area (Å²) in [5.41, 5.74) is 6.81. The molecule has 2 rings (SSSR count). The van der Waals surface area contributed by atoms with Crippen molar-refractivity contribution < 1.29 is 24.3 Å². The number of amides is 2. The van der Waals surface area contributed by atoms with Gasteiger partial charge >= 0.3 is 5.97 Å². The van der Waals surface area contributed by atoms with E-state index in [0.29, 0.717) is 6.42 Å². The van der Waals surface area contributed by atoms with Crippen molar-refractivity contribution in [2.45, 2.75) is 44.6 Å². The van der Waals surface area contributed by atoms with Gasteiger partial charge in [0.15, 0.2) is 5.78 Å². The van der Waals surface area contributed by atoms with Gasteiger partial charge in [0.1, 0.15) is 5.01 Å². The number of hydrogen-bond donors (Lipinski definition) is 3. The number of carbonyl (C=O) groups excluding carboxylic acids is 3. The lowest BCUT2D eigenvalue weighted by Crippen LogP contribution is -2.41. The summed E-state index contributed by atoms with van der Waals surface area (Å²) >= 11 is 1.49. The number of benzene rings is 1. The molecule has 1 aromatic carbocycles. The molecule has 8 nitrogen and oxygen atoms in total. The Bertz CT molecular complexity index is 866. The molecule has 0 saturated carbocycles. The summed E-state index contributed by atoms with van der Waals surface area (Å²) < 4.78 is 0. The van der Waals surface area contributed by atoms with Gasteiger partial charge in [0.2, 0.25) is 11.8 Å². The Morgan fingerprint density at radius 1 is 1.07 bits per heavy atom. The fourth-order valence-electron chi connectivity index (χ4n) is 2.65. The van der Waals surface area contributed by atoms with E-state index < -0.39 is 23.7 Å². The largest absolute Gasteiger partial charge is 0.481 e. The number of ketones is 1. The first-order valence-electron chi connectivity index (χ1n) is 9.17. The van der Waals surface area contributed by atoms with Crippen molar-refractivity contribution >= 4 is 34.9 Å². The van der Waals surface area contributed by atoms with Gasteiger partial charge in [0, 0.05) is 36.6 Å². The number of primary amides is 1. The van der Waals surface area contributed by atoms with Crippen LogP contribution in [-0.4, -0.2) is 39.7 Å². The van der Waals surface area contributed by atoms with Crippen LogP contribution in [0.2, 0.25) is 0 Å². The summed E-state index contributed by atoms with van der Waals surface area (Å²) in [5.74, 6) is -2.47. The molecule has 0 saturated heterocycles. The number of nitrogens with one attached hydrogen (secondary N) is 1. The van der Waals surface area contributed by atoms with Gasteiger partial charge in [-0.3, -0.25) is 19.2 Å². The van der Waals surface area contributed by atoms with Crippen LogP contribution < -0.4 is 11.1 Å². The van der Waals surface area contributed by atoms with Gasteiger partial charge in [-0.1, -0.05) is 30.3 Å². The lowest BCUT2D eigenvalue weighted by Gasteiger charge is -2.16. The quantitative estimate of drug-likeness (QED) is 0.482. The number of aromatic nitrogens is 1. The highest BCUT2D eigenvalue weighted by Gasteiger charge is 2.22. The van der Waals surface area contributed by atoms with E-state index >= 15 is 0 Å². The maximum absolute atomic E-state index is 12.3. The molecule has 154 valence electrons. The van der Waals surface area contributed by atoms with Crippen molar-refractivity contribution in [3.8, 4) is 10.6 Å². The Morgan fingerprint density at radius 3 is 2.45 bits per heavy atom. The summed E-state index contributed by atoms with van der Waals surface area (Å²) in [6.07, 6.45) is -0.0555. The molecule has 0 bridgehead atoms. The number of Topliss-reactive ketones (excluding diaryl/α,β-unsaturated/α-hetero) is 1. The lowest BCUT2D eigenvalue weighted by molar-refractivity contribution is -0.138. The van der Waals surface area contributed by atoms with Gasteiger partial charge in [-0.25, -0.2) is 4.98 Å². The highest BCUT2D eigenvalue weighted by molar-refractivity contribution is 7.13. The predicted molar refractivity (Wildman–Crippen MR) is 108 cm³/mol. The second-order valence-electron chi connectivity index (χ2n) is 6.50. The van der Waals surface area contributed by atoms with Crippen molar-refractivity contribution in [2.75, 3.05) is 0 Å². The molecule has 29 heavy (non-hydrogen) atoms. The monoisotopic (exact) mass is 417 g/mol. The molecule has 0 radical (unpaired) electrons. The van der Waals surface area contributed by atoms with Crippen LogP contribution in [-0.2, 0) is 25.6 Å². The van der Waals surface area contributed by atoms with Crippen LogP contribution >= 0.6 is 11.3 Å². The fraction of sp³-hybridized carbons (Fsp3) is 0.350. The number of carbonyl (C=O) groups is 4. The van der Waals surface area contributed by atoms with Crippen LogP contribution in [0, 0.1) is 0 Å². The zero-order valence-electron chi connectivity index (χ0n) is 15.8. The van der Waals surface area contributed by atoms with Crippen molar-refractivity contribution in [2.24, 2.45) is 5.73 Å². The van der Waals surface area contributed by atoms with E-state index in [1.807, 2.05) is 35.7 Å². The Balaban J connectivity index is 1.90. The fourth-order valence-corrected chi connectivity index (χ4v) is 3.51. The first-order chi connectivity index (χ1) is 13.8. The van der Waals surface area contributed by atoms with Crippen LogP contribution in [0.4, 0.5) is 0 Å². The van der Waals surface area contributed by atoms with Gasteiger partial charge in [-0.05, 0) is 12.8 Å². The van der Waals surface area contributed by atoms with Crippen molar-refractivity contribution in [1.29, 1.82) is 0 Å². The van der Waals surface area contributed by atoms with E-state index in [1.165, 1.54) is 11.3 Å². The SMILES string of the molecule is NC(=O)CCC(=O)[C@H](CCC(=O)O)NC(=O)CCc1csc(-c2ccccc2)n1. The van der Waals surface area contributed by atoms with E-state index in [0.717, 1.165) is 16.3 Å². The normalized spacial score (nSPS) is 11.6. The lowest BCUT2D eigenvalue weighted by atomic mass is 10.0. The average molecular weight is 417 g/mol. The molecule has 4 N–H and O–H groups in total. The Kier molecular flexibility index (Phi) is 8.47. The van der Waals surface area contributed by atoms with E-state index in [2.05, 4.69) is 10.3 Å². The molecular formula is C20H23N3O5S. The maximum atomic E-state index is 12.3. The van der Waals surface area contributed by atoms with Crippen LogP contribution in [0.25, 0.3) is 10.6 Å². The third kappa shape index (κ3) is 7.82. The van der Waals surface area contributed by atoms with Gasteiger partial charge in [0.25, 0.3) is 0 Å². The second kappa shape index (κ2) is 11.1. The number of thiazole rings is 1. The number of nitrogens with two attached hydrogens (primary N) is 1. The zero-order chi connectivity index (χ0) is 21.2. The number of carboxylic acid groups (broad SMARTS) is 1. The Hall–Kier alpha value is -3.07. The molecule has 0 spiro atoms. The van der Waals surface area contributed by atoms with E-state index in [-0.39, 0.29) is 38.0 Å². The van der Waals surface area contributed by atoms with Gasteiger partial charge in [0.05, 0.1) is 11.7 Å². The second-order valence-corrected chi connectivity index (χ2v) is 7.35. The molecular weight excluding hydrogens is 394 g/mol. The molecule has 0 aliphatic carbocycles. The minimum atomic E-state index is -1.07.